The maximum absolute atomic E-state index is 14.0. The SMILES string of the molecule is CCc1ccc2nc(N(Cc3ccccc3)C(=O)C3CCCN(S(=O)(=O)c4ccc(C)cc4)C3)sc2c1. The summed E-state index contributed by atoms with van der Waals surface area (Å²) in [6.07, 6.45) is 2.22. The van der Waals surface area contributed by atoms with E-state index in [-0.39, 0.29) is 17.3 Å². The van der Waals surface area contributed by atoms with Crippen molar-refractivity contribution in [3.05, 3.63) is 89.5 Å². The number of benzene rings is 3. The first-order valence-electron chi connectivity index (χ1n) is 12.7. The number of carbonyl (C=O) groups is 1. The van der Waals surface area contributed by atoms with Gasteiger partial charge in [-0.1, -0.05) is 72.4 Å². The number of rotatable bonds is 7. The minimum atomic E-state index is -3.67. The number of sulfonamides is 1. The van der Waals surface area contributed by atoms with Gasteiger partial charge in [-0.2, -0.15) is 4.31 Å². The Balaban J connectivity index is 1.45. The van der Waals surface area contributed by atoms with Crippen LogP contribution in [-0.2, 0) is 27.8 Å². The van der Waals surface area contributed by atoms with Gasteiger partial charge in [-0.05, 0) is 61.6 Å². The second-order valence-electron chi connectivity index (χ2n) is 9.58. The molecule has 1 saturated heterocycles. The van der Waals surface area contributed by atoms with Crippen LogP contribution in [-0.4, -0.2) is 36.7 Å². The highest BCUT2D eigenvalue weighted by Crippen LogP contribution is 2.33. The lowest BCUT2D eigenvalue weighted by Gasteiger charge is -2.33. The molecular weight excluding hydrogens is 502 g/mol. The highest BCUT2D eigenvalue weighted by atomic mass is 32.2. The number of thiazole rings is 1. The lowest BCUT2D eigenvalue weighted by Crippen LogP contribution is -2.46. The van der Waals surface area contributed by atoms with Crippen LogP contribution in [0.2, 0.25) is 0 Å². The van der Waals surface area contributed by atoms with Crippen LogP contribution in [0, 0.1) is 12.8 Å². The van der Waals surface area contributed by atoms with E-state index in [0.717, 1.165) is 27.8 Å². The predicted molar refractivity (Wildman–Crippen MR) is 149 cm³/mol. The first-order valence-corrected chi connectivity index (χ1v) is 14.9. The average Bonchev–Trinajstić information content (AvgIpc) is 3.35. The van der Waals surface area contributed by atoms with Gasteiger partial charge >= 0.3 is 0 Å². The summed E-state index contributed by atoms with van der Waals surface area (Å²) in [5, 5.41) is 0.649. The average molecular weight is 534 g/mol. The fourth-order valence-electron chi connectivity index (χ4n) is 4.74. The highest BCUT2D eigenvalue weighted by molar-refractivity contribution is 7.89. The molecule has 0 aliphatic carbocycles. The number of hydrogen-bond acceptors (Lipinski definition) is 5. The number of nitrogens with zero attached hydrogens (tertiary/aromatic N) is 3. The molecule has 5 rings (SSSR count). The van der Waals surface area contributed by atoms with E-state index < -0.39 is 15.9 Å². The molecule has 1 fully saturated rings. The van der Waals surface area contributed by atoms with Gasteiger partial charge in [0.15, 0.2) is 5.13 Å². The first-order chi connectivity index (χ1) is 17.8. The molecule has 3 aromatic carbocycles. The van der Waals surface area contributed by atoms with Crippen LogP contribution in [0.5, 0.6) is 0 Å². The van der Waals surface area contributed by atoms with E-state index in [1.807, 2.05) is 43.3 Å². The normalized spacial score (nSPS) is 16.6. The first kappa shape index (κ1) is 25.6. The van der Waals surface area contributed by atoms with Crippen molar-refractivity contribution in [2.45, 2.75) is 44.6 Å². The van der Waals surface area contributed by atoms with Gasteiger partial charge in [-0.15, -0.1) is 0 Å². The molecule has 4 aromatic rings. The van der Waals surface area contributed by atoms with E-state index >= 15 is 0 Å². The van der Waals surface area contributed by atoms with Crippen LogP contribution in [0.15, 0.2) is 77.7 Å². The fourth-order valence-corrected chi connectivity index (χ4v) is 7.30. The summed E-state index contributed by atoms with van der Waals surface area (Å²) in [4.78, 5) is 20.9. The van der Waals surface area contributed by atoms with Crippen molar-refractivity contribution < 1.29 is 13.2 Å². The summed E-state index contributed by atoms with van der Waals surface area (Å²) in [5.74, 6) is -0.515. The Morgan fingerprint density at radius 3 is 2.54 bits per heavy atom. The van der Waals surface area contributed by atoms with Crippen molar-refractivity contribution in [2.24, 2.45) is 5.92 Å². The quantitative estimate of drug-likeness (QED) is 0.301. The largest absolute Gasteiger partial charge is 0.283 e. The number of aryl methyl sites for hydroxylation is 2. The lowest BCUT2D eigenvalue weighted by atomic mass is 9.98. The van der Waals surface area contributed by atoms with E-state index in [0.29, 0.717) is 31.1 Å². The maximum Gasteiger partial charge on any atom is 0.243 e. The van der Waals surface area contributed by atoms with Crippen LogP contribution < -0.4 is 4.90 Å². The minimum absolute atomic E-state index is 0.0811. The number of amides is 1. The Kier molecular flexibility index (Phi) is 7.42. The third-order valence-electron chi connectivity index (χ3n) is 6.92. The fraction of sp³-hybridized carbons (Fsp3) is 0.310. The van der Waals surface area contributed by atoms with E-state index in [9.17, 15) is 13.2 Å². The second kappa shape index (κ2) is 10.7. The zero-order valence-corrected chi connectivity index (χ0v) is 22.8. The van der Waals surface area contributed by atoms with Gasteiger partial charge in [0.25, 0.3) is 0 Å². The molecule has 8 heteroatoms. The molecule has 1 atom stereocenters. The number of piperidine rings is 1. The molecule has 0 saturated carbocycles. The third-order valence-corrected chi connectivity index (χ3v) is 9.84. The molecule has 0 radical (unpaired) electrons. The monoisotopic (exact) mass is 533 g/mol. The van der Waals surface area contributed by atoms with E-state index in [1.165, 1.54) is 21.2 Å². The number of fused-ring (bicyclic) bond motifs is 1. The molecule has 1 aliphatic heterocycles. The number of anilines is 1. The summed E-state index contributed by atoms with van der Waals surface area (Å²) >= 11 is 1.51. The molecule has 192 valence electrons. The Hall–Kier alpha value is -3.07. The van der Waals surface area contributed by atoms with Crippen LogP contribution in [0.1, 0.15) is 36.5 Å². The summed E-state index contributed by atoms with van der Waals surface area (Å²) in [6, 6.07) is 23.0. The van der Waals surface area contributed by atoms with E-state index in [1.54, 1.807) is 29.2 Å². The number of carbonyl (C=O) groups excluding carboxylic acids is 1. The minimum Gasteiger partial charge on any atom is -0.283 e. The van der Waals surface area contributed by atoms with Gasteiger partial charge in [0.05, 0.1) is 27.6 Å². The highest BCUT2D eigenvalue weighted by Gasteiger charge is 2.36. The van der Waals surface area contributed by atoms with Gasteiger partial charge in [0.2, 0.25) is 15.9 Å². The third kappa shape index (κ3) is 5.46. The van der Waals surface area contributed by atoms with Crippen molar-refractivity contribution in [1.82, 2.24) is 9.29 Å². The molecule has 6 nitrogen and oxygen atoms in total. The van der Waals surface area contributed by atoms with Crippen molar-refractivity contribution in [2.75, 3.05) is 18.0 Å². The van der Waals surface area contributed by atoms with Crippen LogP contribution >= 0.6 is 11.3 Å². The van der Waals surface area contributed by atoms with Gasteiger partial charge < -0.3 is 0 Å². The van der Waals surface area contributed by atoms with Crippen molar-refractivity contribution in [3.8, 4) is 0 Å². The molecule has 1 amide bonds. The Labute approximate surface area is 222 Å². The predicted octanol–water partition coefficient (Wildman–Crippen LogP) is 5.80. The maximum atomic E-state index is 14.0. The molecule has 0 bridgehead atoms. The summed E-state index contributed by atoms with van der Waals surface area (Å²) in [6.45, 7) is 5.03. The van der Waals surface area contributed by atoms with Crippen molar-refractivity contribution in [3.63, 3.8) is 0 Å². The summed E-state index contributed by atoms with van der Waals surface area (Å²) in [5.41, 5.74) is 4.11. The molecular formula is C29H31N3O3S2. The lowest BCUT2D eigenvalue weighted by molar-refractivity contribution is -0.123. The standard InChI is InChI=1S/C29H31N3O3S2/c1-3-22-13-16-26-27(18-22)36-29(30-26)32(19-23-8-5-4-6-9-23)28(33)24-10-7-17-31(20-24)37(34,35)25-14-11-21(2)12-15-25/h4-6,8-9,11-16,18,24H,3,7,10,17,19-20H2,1-2H3. The number of hydrogen-bond donors (Lipinski definition) is 0. The van der Waals surface area contributed by atoms with Gasteiger partial charge in [0.1, 0.15) is 0 Å². The molecule has 1 unspecified atom stereocenters. The molecule has 2 heterocycles. The zero-order valence-electron chi connectivity index (χ0n) is 21.1. The molecule has 1 aliphatic rings. The number of aromatic nitrogens is 1. The van der Waals surface area contributed by atoms with Gasteiger partial charge in [0, 0.05) is 13.1 Å². The van der Waals surface area contributed by atoms with Crippen molar-refractivity contribution >= 4 is 42.6 Å². The smallest absolute Gasteiger partial charge is 0.243 e. The van der Waals surface area contributed by atoms with E-state index in [2.05, 4.69) is 19.1 Å². The zero-order chi connectivity index (χ0) is 26.0. The Bertz CT molecular complexity index is 1500. The van der Waals surface area contributed by atoms with E-state index in [4.69, 9.17) is 4.98 Å². The molecule has 37 heavy (non-hydrogen) atoms. The summed E-state index contributed by atoms with van der Waals surface area (Å²) in [7, 11) is -3.67. The second-order valence-corrected chi connectivity index (χ2v) is 12.5. The topological polar surface area (TPSA) is 70.6 Å². The molecule has 0 spiro atoms. The van der Waals surface area contributed by atoms with Crippen LogP contribution in [0.25, 0.3) is 10.2 Å². The summed E-state index contributed by atoms with van der Waals surface area (Å²) < 4.78 is 29.2. The van der Waals surface area contributed by atoms with Crippen molar-refractivity contribution in [1.29, 1.82) is 0 Å². The van der Waals surface area contributed by atoms with Crippen LogP contribution in [0.4, 0.5) is 5.13 Å². The molecule has 1 aromatic heterocycles. The Morgan fingerprint density at radius 1 is 1.05 bits per heavy atom. The van der Waals surface area contributed by atoms with Gasteiger partial charge in [-0.25, -0.2) is 13.4 Å². The van der Waals surface area contributed by atoms with Crippen LogP contribution in [0.3, 0.4) is 0 Å². The molecule has 0 N–H and O–H groups in total. The Morgan fingerprint density at radius 2 is 1.81 bits per heavy atom. The van der Waals surface area contributed by atoms with Gasteiger partial charge in [-0.3, -0.25) is 9.69 Å².